The highest BCUT2D eigenvalue weighted by atomic mass is 15.3. The van der Waals surface area contributed by atoms with Crippen molar-refractivity contribution in [2.24, 2.45) is 5.84 Å². The molecule has 3 N–H and O–H groups in total. The Morgan fingerprint density at radius 3 is 2.81 bits per heavy atom. The van der Waals surface area contributed by atoms with Crippen molar-refractivity contribution < 1.29 is 0 Å². The van der Waals surface area contributed by atoms with Crippen molar-refractivity contribution in [1.29, 1.82) is 0 Å². The number of anilines is 2. The smallest absolute Gasteiger partial charge is 0.145 e. The van der Waals surface area contributed by atoms with Crippen LogP contribution in [0.5, 0.6) is 0 Å². The number of hydrazine groups is 1. The van der Waals surface area contributed by atoms with Crippen molar-refractivity contribution in [2.75, 3.05) is 23.9 Å². The van der Waals surface area contributed by atoms with E-state index in [1.165, 1.54) is 12.8 Å². The lowest BCUT2D eigenvalue weighted by atomic mass is 10.3. The molecule has 5 heteroatoms. The van der Waals surface area contributed by atoms with E-state index in [2.05, 4.69) is 27.2 Å². The number of nitrogen functional groups attached to an aromatic ring is 1. The lowest BCUT2D eigenvalue weighted by Gasteiger charge is -2.18. The molecule has 1 saturated carbocycles. The van der Waals surface area contributed by atoms with Gasteiger partial charge >= 0.3 is 0 Å². The van der Waals surface area contributed by atoms with E-state index in [1.807, 2.05) is 13.1 Å². The zero-order valence-electron chi connectivity index (χ0n) is 9.90. The predicted octanol–water partition coefficient (Wildman–Crippen LogP) is 1.49. The van der Waals surface area contributed by atoms with Crippen LogP contribution in [0.25, 0.3) is 0 Å². The summed E-state index contributed by atoms with van der Waals surface area (Å²) < 4.78 is 0. The maximum atomic E-state index is 5.42. The molecule has 88 valence electrons. The normalized spacial score (nSPS) is 14.9. The number of nitrogens with two attached hydrogens (primary N) is 1. The minimum Gasteiger partial charge on any atom is -0.360 e. The molecule has 0 aliphatic heterocycles. The molecule has 1 heterocycles. The van der Waals surface area contributed by atoms with Gasteiger partial charge in [0.1, 0.15) is 17.5 Å². The van der Waals surface area contributed by atoms with E-state index in [0.29, 0.717) is 11.7 Å². The van der Waals surface area contributed by atoms with Crippen molar-refractivity contribution in [3.05, 3.63) is 11.9 Å². The fourth-order valence-electron chi connectivity index (χ4n) is 1.70. The van der Waals surface area contributed by atoms with Crippen LogP contribution >= 0.6 is 0 Å². The number of hydrogen-bond donors (Lipinski definition) is 2. The zero-order chi connectivity index (χ0) is 11.5. The number of hydrogen-bond acceptors (Lipinski definition) is 5. The first-order chi connectivity index (χ1) is 7.74. The van der Waals surface area contributed by atoms with Gasteiger partial charge in [0.05, 0.1) is 0 Å². The van der Waals surface area contributed by atoms with E-state index in [9.17, 15) is 0 Å². The van der Waals surface area contributed by atoms with Crippen molar-refractivity contribution in [3.8, 4) is 0 Å². The molecule has 1 aliphatic carbocycles. The van der Waals surface area contributed by atoms with Gasteiger partial charge in [0.2, 0.25) is 0 Å². The average Bonchev–Trinajstić information content (AvgIpc) is 3.12. The molecule has 0 bridgehead atoms. The number of nitrogens with one attached hydrogen (secondary N) is 1. The molecule has 1 aromatic heterocycles. The summed E-state index contributed by atoms with van der Waals surface area (Å²) in [5, 5.41) is 0. The fraction of sp³-hybridized carbons (Fsp3) is 0.636. The summed E-state index contributed by atoms with van der Waals surface area (Å²) in [4.78, 5) is 11.1. The van der Waals surface area contributed by atoms with Gasteiger partial charge in [-0.05, 0) is 19.3 Å². The van der Waals surface area contributed by atoms with Gasteiger partial charge in [0.25, 0.3) is 0 Å². The maximum Gasteiger partial charge on any atom is 0.145 e. The van der Waals surface area contributed by atoms with Gasteiger partial charge in [-0.1, -0.05) is 6.92 Å². The summed E-state index contributed by atoms with van der Waals surface area (Å²) in [6.07, 6.45) is 3.50. The van der Waals surface area contributed by atoms with Crippen LogP contribution in [0.15, 0.2) is 6.07 Å². The molecule has 1 aromatic rings. The Labute approximate surface area is 96.0 Å². The van der Waals surface area contributed by atoms with Crippen LogP contribution in [0.3, 0.4) is 0 Å². The minimum atomic E-state index is 0.544. The van der Waals surface area contributed by atoms with Crippen molar-refractivity contribution in [3.63, 3.8) is 0 Å². The molecule has 1 aliphatic rings. The SMILES string of the molecule is CCCN(C)c1cc(NN)nc(C2CC2)n1. The van der Waals surface area contributed by atoms with Gasteiger partial charge in [-0.15, -0.1) is 0 Å². The molecule has 2 rings (SSSR count). The second kappa shape index (κ2) is 4.65. The Morgan fingerprint density at radius 1 is 1.50 bits per heavy atom. The maximum absolute atomic E-state index is 5.42. The van der Waals surface area contributed by atoms with E-state index >= 15 is 0 Å². The third kappa shape index (κ3) is 2.41. The highest BCUT2D eigenvalue weighted by molar-refractivity contribution is 5.48. The van der Waals surface area contributed by atoms with E-state index in [0.717, 1.165) is 24.6 Å². The van der Waals surface area contributed by atoms with E-state index in [-0.39, 0.29) is 0 Å². The van der Waals surface area contributed by atoms with Gasteiger partial charge in [0, 0.05) is 25.6 Å². The Bertz CT molecular complexity index is 361. The standard InChI is InChI=1S/C11H19N5/c1-3-6-16(2)10-7-9(15-12)13-11(14-10)8-4-5-8/h7-8H,3-6,12H2,1-2H3,(H,13,14,15). The van der Waals surface area contributed by atoms with Crippen molar-refractivity contribution in [1.82, 2.24) is 9.97 Å². The van der Waals surface area contributed by atoms with Crippen molar-refractivity contribution in [2.45, 2.75) is 32.1 Å². The average molecular weight is 221 g/mol. The molecule has 5 nitrogen and oxygen atoms in total. The summed E-state index contributed by atoms with van der Waals surface area (Å²) in [6.45, 7) is 3.15. The lowest BCUT2D eigenvalue weighted by Crippen LogP contribution is -2.21. The molecular formula is C11H19N5. The van der Waals surface area contributed by atoms with Crippen LogP contribution in [-0.4, -0.2) is 23.6 Å². The van der Waals surface area contributed by atoms with E-state index in [1.54, 1.807) is 0 Å². The number of rotatable bonds is 5. The minimum absolute atomic E-state index is 0.544. The predicted molar refractivity (Wildman–Crippen MR) is 65.4 cm³/mol. The molecule has 0 saturated heterocycles. The monoisotopic (exact) mass is 221 g/mol. The first-order valence-electron chi connectivity index (χ1n) is 5.81. The van der Waals surface area contributed by atoms with Crippen molar-refractivity contribution >= 4 is 11.6 Å². The van der Waals surface area contributed by atoms with E-state index in [4.69, 9.17) is 5.84 Å². The molecule has 0 unspecified atom stereocenters. The summed E-state index contributed by atoms with van der Waals surface area (Å²) >= 11 is 0. The Morgan fingerprint density at radius 2 is 2.25 bits per heavy atom. The number of nitrogens with zero attached hydrogens (tertiary/aromatic N) is 3. The second-order valence-electron chi connectivity index (χ2n) is 4.31. The molecule has 0 amide bonds. The van der Waals surface area contributed by atoms with Crippen LogP contribution < -0.4 is 16.2 Å². The summed E-state index contributed by atoms with van der Waals surface area (Å²) in [6, 6.07) is 1.89. The lowest BCUT2D eigenvalue weighted by molar-refractivity contribution is 0.818. The Kier molecular flexibility index (Phi) is 3.24. The third-order valence-electron chi connectivity index (χ3n) is 2.77. The van der Waals surface area contributed by atoms with Crippen LogP contribution in [0.1, 0.15) is 37.9 Å². The first-order valence-corrected chi connectivity index (χ1v) is 5.81. The molecule has 0 atom stereocenters. The molecule has 1 fully saturated rings. The van der Waals surface area contributed by atoms with Gasteiger partial charge in [-0.25, -0.2) is 15.8 Å². The number of aromatic nitrogens is 2. The molecule has 0 spiro atoms. The summed E-state index contributed by atoms with van der Waals surface area (Å²) in [5.74, 6) is 8.55. The Balaban J connectivity index is 2.25. The third-order valence-corrected chi connectivity index (χ3v) is 2.77. The summed E-state index contributed by atoms with van der Waals surface area (Å²) in [7, 11) is 2.04. The topological polar surface area (TPSA) is 67.1 Å². The van der Waals surface area contributed by atoms with Crippen LogP contribution in [-0.2, 0) is 0 Å². The van der Waals surface area contributed by atoms with Gasteiger partial charge < -0.3 is 10.3 Å². The molecule has 0 aromatic carbocycles. The van der Waals surface area contributed by atoms with Crippen LogP contribution in [0.4, 0.5) is 11.6 Å². The molecule has 16 heavy (non-hydrogen) atoms. The van der Waals surface area contributed by atoms with E-state index < -0.39 is 0 Å². The molecule has 0 radical (unpaired) electrons. The van der Waals surface area contributed by atoms with Gasteiger partial charge in [-0.2, -0.15) is 0 Å². The van der Waals surface area contributed by atoms with Crippen LogP contribution in [0, 0.1) is 0 Å². The van der Waals surface area contributed by atoms with Crippen LogP contribution in [0.2, 0.25) is 0 Å². The molecular weight excluding hydrogens is 202 g/mol. The fourth-order valence-corrected chi connectivity index (χ4v) is 1.70. The highest BCUT2D eigenvalue weighted by Gasteiger charge is 2.27. The quantitative estimate of drug-likeness (QED) is 0.582. The highest BCUT2D eigenvalue weighted by Crippen LogP contribution is 2.39. The second-order valence-corrected chi connectivity index (χ2v) is 4.31. The van der Waals surface area contributed by atoms with Gasteiger partial charge in [0.15, 0.2) is 0 Å². The largest absolute Gasteiger partial charge is 0.360 e. The van der Waals surface area contributed by atoms with Gasteiger partial charge in [-0.3, -0.25) is 0 Å². The first kappa shape index (κ1) is 11.1. The Hall–Kier alpha value is -1.36. The summed E-state index contributed by atoms with van der Waals surface area (Å²) in [5.41, 5.74) is 2.61. The zero-order valence-corrected chi connectivity index (χ0v) is 9.90.